The molecule has 1 unspecified atom stereocenters. The Morgan fingerprint density at radius 3 is 2.70 bits per heavy atom. The van der Waals surface area contributed by atoms with Crippen molar-refractivity contribution in [2.24, 2.45) is 12.8 Å². The van der Waals surface area contributed by atoms with Crippen LogP contribution in [-0.4, -0.2) is 46.5 Å². The SMILES string of the molecule is CC(c1nc2ccc(C(N)=O)cc2c(=O)n1C)N1CCNCC1. The highest BCUT2D eigenvalue weighted by Gasteiger charge is 2.22. The van der Waals surface area contributed by atoms with Crippen LogP contribution < -0.4 is 16.6 Å². The zero-order valence-electron chi connectivity index (χ0n) is 13.4. The van der Waals surface area contributed by atoms with Gasteiger partial charge in [-0.05, 0) is 25.1 Å². The molecule has 7 nitrogen and oxygen atoms in total. The fraction of sp³-hybridized carbons (Fsp3) is 0.438. The molecule has 23 heavy (non-hydrogen) atoms. The molecule has 1 fully saturated rings. The second-order valence-corrected chi connectivity index (χ2v) is 5.89. The largest absolute Gasteiger partial charge is 0.366 e. The molecule has 1 aromatic heterocycles. The van der Waals surface area contributed by atoms with Crippen LogP contribution in [0.25, 0.3) is 10.9 Å². The summed E-state index contributed by atoms with van der Waals surface area (Å²) in [6.07, 6.45) is 0. The molecule has 1 aliphatic heterocycles. The number of aromatic nitrogens is 2. The maximum atomic E-state index is 12.7. The first kappa shape index (κ1) is 15.6. The second-order valence-electron chi connectivity index (χ2n) is 5.89. The average molecular weight is 315 g/mol. The topological polar surface area (TPSA) is 93.2 Å². The Bertz CT molecular complexity index is 808. The summed E-state index contributed by atoms with van der Waals surface area (Å²) in [5.41, 5.74) is 6.04. The Kier molecular flexibility index (Phi) is 4.14. The highest BCUT2D eigenvalue weighted by molar-refractivity contribution is 5.96. The van der Waals surface area contributed by atoms with Crippen LogP contribution >= 0.6 is 0 Å². The molecule has 0 aliphatic carbocycles. The van der Waals surface area contributed by atoms with Crippen molar-refractivity contribution in [2.45, 2.75) is 13.0 Å². The van der Waals surface area contributed by atoms with Crippen molar-refractivity contribution in [3.63, 3.8) is 0 Å². The van der Waals surface area contributed by atoms with E-state index in [4.69, 9.17) is 5.73 Å². The molecule has 1 saturated heterocycles. The number of amides is 1. The van der Waals surface area contributed by atoms with Crippen LogP contribution in [0.5, 0.6) is 0 Å². The predicted octanol–water partition coefficient (Wildman–Crippen LogP) is -0.00140. The number of benzene rings is 1. The molecule has 1 aromatic carbocycles. The summed E-state index contributed by atoms with van der Waals surface area (Å²) in [5.74, 6) is 0.184. The molecular weight excluding hydrogens is 294 g/mol. The number of piperazine rings is 1. The zero-order valence-corrected chi connectivity index (χ0v) is 13.4. The molecular formula is C16H21N5O2. The lowest BCUT2D eigenvalue weighted by atomic mass is 10.1. The summed E-state index contributed by atoms with van der Waals surface area (Å²) in [6.45, 7) is 5.80. The van der Waals surface area contributed by atoms with E-state index in [9.17, 15) is 9.59 Å². The van der Waals surface area contributed by atoms with Crippen molar-refractivity contribution in [2.75, 3.05) is 26.2 Å². The second kappa shape index (κ2) is 6.10. The van der Waals surface area contributed by atoms with E-state index in [0.29, 0.717) is 16.5 Å². The molecule has 2 aromatic rings. The molecule has 0 bridgehead atoms. The molecule has 1 aliphatic rings. The Morgan fingerprint density at radius 2 is 2.04 bits per heavy atom. The molecule has 1 amide bonds. The first-order valence-corrected chi connectivity index (χ1v) is 7.74. The van der Waals surface area contributed by atoms with E-state index in [1.165, 1.54) is 6.07 Å². The summed E-state index contributed by atoms with van der Waals surface area (Å²) in [6, 6.07) is 4.86. The first-order valence-electron chi connectivity index (χ1n) is 7.74. The number of primary amides is 1. The van der Waals surface area contributed by atoms with E-state index in [0.717, 1.165) is 32.0 Å². The molecule has 0 spiro atoms. The van der Waals surface area contributed by atoms with Gasteiger partial charge in [-0.2, -0.15) is 0 Å². The highest BCUT2D eigenvalue weighted by Crippen LogP contribution is 2.20. The number of rotatable bonds is 3. The van der Waals surface area contributed by atoms with Gasteiger partial charge in [-0.15, -0.1) is 0 Å². The van der Waals surface area contributed by atoms with Crippen LogP contribution in [0.1, 0.15) is 29.1 Å². The predicted molar refractivity (Wildman–Crippen MR) is 88.4 cm³/mol. The Balaban J connectivity index is 2.08. The third-order valence-electron chi connectivity index (χ3n) is 4.47. The highest BCUT2D eigenvalue weighted by atomic mass is 16.1. The smallest absolute Gasteiger partial charge is 0.261 e. The lowest BCUT2D eigenvalue weighted by Gasteiger charge is -2.33. The summed E-state index contributed by atoms with van der Waals surface area (Å²) in [5, 5.41) is 3.74. The molecule has 3 rings (SSSR count). The number of hydrogen-bond acceptors (Lipinski definition) is 5. The van der Waals surface area contributed by atoms with Gasteiger partial charge in [0, 0.05) is 38.8 Å². The van der Waals surface area contributed by atoms with Gasteiger partial charge in [0.1, 0.15) is 5.82 Å². The average Bonchev–Trinajstić information content (AvgIpc) is 2.57. The van der Waals surface area contributed by atoms with Gasteiger partial charge >= 0.3 is 0 Å². The Morgan fingerprint density at radius 1 is 1.35 bits per heavy atom. The number of fused-ring (bicyclic) bond motifs is 1. The lowest BCUT2D eigenvalue weighted by Crippen LogP contribution is -2.45. The van der Waals surface area contributed by atoms with Crippen LogP contribution in [0.2, 0.25) is 0 Å². The Hall–Kier alpha value is -2.25. The minimum Gasteiger partial charge on any atom is -0.366 e. The van der Waals surface area contributed by atoms with Gasteiger partial charge in [-0.1, -0.05) is 0 Å². The van der Waals surface area contributed by atoms with Crippen molar-refractivity contribution in [3.05, 3.63) is 39.9 Å². The van der Waals surface area contributed by atoms with Gasteiger partial charge in [0.15, 0.2) is 0 Å². The number of nitrogens with two attached hydrogens (primary N) is 1. The minimum atomic E-state index is -0.549. The molecule has 7 heteroatoms. The molecule has 0 saturated carbocycles. The fourth-order valence-electron chi connectivity index (χ4n) is 3.05. The van der Waals surface area contributed by atoms with Gasteiger partial charge in [0.25, 0.3) is 5.56 Å². The normalized spacial score (nSPS) is 17.3. The van der Waals surface area contributed by atoms with Crippen LogP contribution in [0, 0.1) is 0 Å². The van der Waals surface area contributed by atoms with Crippen LogP contribution in [0.4, 0.5) is 0 Å². The minimum absolute atomic E-state index is 0.0509. The number of nitrogens with one attached hydrogen (secondary N) is 1. The van der Waals surface area contributed by atoms with Gasteiger partial charge in [-0.25, -0.2) is 4.98 Å². The van der Waals surface area contributed by atoms with Crippen LogP contribution in [0.3, 0.4) is 0 Å². The van der Waals surface area contributed by atoms with Crippen molar-refractivity contribution >= 4 is 16.8 Å². The van der Waals surface area contributed by atoms with Crippen LogP contribution in [-0.2, 0) is 7.05 Å². The molecule has 0 radical (unpaired) electrons. The van der Waals surface area contributed by atoms with E-state index in [-0.39, 0.29) is 11.6 Å². The monoisotopic (exact) mass is 315 g/mol. The molecule has 2 heterocycles. The number of carbonyl (C=O) groups is 1. The van der Waals surface area contributed by atoms with Crippen molar-refractivity contribution in [1.82, 2.24) is 19.8 Å². The van der Waals surface area contributed by atoms with E-state index in [2.05, 4.69) is 22.1 Å². The van der Waals surface area contributed by atoms with E-state index >= 15 is 0 Å². The van der Waals surface area contributed by atoms with Gasteiger partial charge in [-0.3, -0.25) is 19.1 Å². The standard InChI is InChI=1S/C16H21N5O2/c1-10(21-7-5-18-6-8-21)15-19-13-4-3-11(14(17)22)9-12(13)16(23)20(15)2/h3-4,9-10,18H,5-8H2,1-2H3,(H2,17,22). The maximum Gasteiger partial charge on any atom is 0.261 e. The lowest BCUT2D eigenvalue weighted by molar-refractivity contribution is 0.100. The summed E-state index contributed by atoms with van der Waals surface area (Å²) in [4.78, 5) is 30.9. The van der Waals surface area contributed by atoms with Gasteiger partial charge < -0.3 is 11.1 Å². The summed E-state index contributed by atoms with van der Waals surface area (Å²) in [7, 11) is 1.72. The number of hydrogen-bond donors (Lipinski definition) is 2. The third-order valence-corrected chi connectivity index (χ3v) is 4.47. The van der Waals surface area contributed by atoms with Crippen molar-refractivity contribution in [1.29, 1.82) is 0 Å². The molecule has 3 N–H and O–H groups in total. The summed E-state index contributed by atoms with van der Waals surface area (Å²) < 4.78 is 1.57. The number of carbonyl (C=O) groups excluding carboxylic acids is 1. The van der Waals surface area contributed by atoms with Crippen molar-refractivity contribution in [3.8, 4) is 0 Å². The first-order chi connectivity index (χ1) is 11.0. The third kappa shape index (κ3) is 2.85. The van der Waals surface area contributed by atoms with Crippen molar-refractivity contribution < 1.29 is 4.79 Å². The van der Waals surface area contributed by atoms with Crippen LogP contribution in [0.15, 0.2) is 23.0 Å². The molecule has 122 valence electrons. The summed E-state index contributed by atoms with van der Waals surface area (Å²) >= 11 is 0. The van der Waals surface area contributed by atoms with Gasteiger partial charge in [0.05, 0.1) is 16.9 Å². The van der Waals surface area contributed by atoms with E-state index < -0.39 is 5.91 Å². The molecule has 1 atom stereocenters. The van der Waals surface area contributed by atoms with E-state index in [1.54, 1.807) is 23.7 Å². The van der Waals surface area contributed by atoms with Gasteiger partial charge in [0.2, 0.25) is 5.91 Å². The zero-order chi connectivity index (χ0) is 16.6. The maximum absolute atomic E-state index is 12.7. The Labute approximate surface area is 134 Å². The van der Waals surface area contributed by atoms with E-state index in [1.807, 2.05) is 0 Å². The number of nitrogens with zero attached hydrogens (tertiary/aromatic N) is 3. The quantitative estimate of drug-likeness (QED) is 0.831. The fourth-order valence-corrected chi connectivity index (χ4v) is 3.05.